The molecule has 1 saturated carbocycles. The number of hydrogen-bond donors (Lipinski definition) is 0. The van der Waals surface area contributed by atoms with Crippen LogP contribution in [0.4, 0.5) is 0 Å². The fourth-order valence-corrected chi connectivity index (χ4v) is 4.27. The smallest absolute Gasteiger partial charge is 0.173 e. The Labute approximate surface area is 119 Å². The number of aromatic nitrogens is 2. The van der Waals surface area contributed by atoms with Gasteiger partial charge in [0, 0.05) is 30.6 Å². The molecule has 2 spiro atoms. The lowest BCUT2D eigenvalue weighted by Gasteiger charge is -2.51. The van der Waals surface area contributed by atoms with Crippen molar-refractivity contribution in [2.75, 3.05) is 13.2 Å². The molecule has 0 N–H and O–H groups in total. The SMILES string of the molecule is Cn1cc2c(n1)C1(CCC3(OCCO3)C(C)(C)C1)OC2. The highest BCUT2D eigenvalue weighted by Gasteiger charge is 2.60. The summed E-state index contributed by atoms with van der Waals surface area (Å²) in [7, 11) is 1.98. The molecule has 3 aliphatic rings. The van der Waals surface area contributed by atoms with E-state index in [1.807, 2.05) is 11.7 Å². The fourth-order valence-electron chi connectivity index (χ4n) is 4.27. The minimum atomic E-state index is -0.431. The number of ether oxygens (including phenoxy) is 3. The van der Waals surface area contributed by atoms with Crippen molar-refractivity contribution >= 4 is 0 Å². The minimum absolute atomic E-state index is 0.0825. The van der Waals surface area contributed by atoms with Crippen LogP contribution < -0.4 is 0 Å². The molecule has 0 amide bonds. The molecule has 20 heavy (non-hydrogen) atoms. The summed E-state index contributed by atoms with van der Waals surface area (Å²) in [6.45, 7) is 6.53. The van der Waals surface area contributed by atoms with Crippen molar-refractivity contribution in [3.63, 3.8) is 0 Å². The van der Waals surface area contributed by atoms with Gasteiger partial charge in [0.15, 0.2) is 5.79 Å². The molecule has 3 heterocycles. The molecule has 2 aliphatic heterocycles. The van der Waals surface area contributed by atoms with Gasteiger partial charge in [-0.1, -0.05) is 13.8 Å². The first kappa shape index (κ1) is 12.8. The number of hydrogen-bond acceptors (Lipinski definition) is 4. The molecule has 1 aromatic rings. The Balaban J connectivity index is 1.70. The van der Waals surface area contributed by atoms with Gasteiger partial charge in [-0.25, -0.2) is 0 Å². The third-order valence-electron chi connectivity index (χ3n) is 5.21. The third-order valence-corrected chi connectivity index (χ3v) is 5.21. The summed E-state index contributed by atoms with van der Waals surface area (Å²) in [5.41, 5.74) is 2.02. The van der Waals surface area contributed by atoms with E-state index in [1.165, 1.54) is 5.56 Å². The highest BCUT2D eigenvalue weighted by molar-refractivity contribution is 5.29. The first-order valence-corrected chi connectivity index (χ1v) is 7.41. The average Bonchev–Trinajstić information content (AvgIpc) is 3.04. The molecule has 110 valence electrons. The Bertz CT molecular complexity index is 545. The van der Waals surface area contributed by atoms with Crippen LogP contribution in [0.3, 0.4) is 0 Å². The van der Waals surface area contributed by atoms with Crippen molar-refractivity contribution < 1.29 is 14.2 Å². The van der Waals surface area contributed by atoms with Crippen molar-refractivity contribution in [2.45, 2.75) is 51.1 Å². The van der Waals surface area contributed by atoms with E-state index < -0.39 is 5.79 Å². The van der Waals surface area contributed by atoms with Crippen molar-refractivity contribution in [3.8, 4) is 0 Å². The Morgan fingerprint density at radius 2 is 1.90 bits per heavy atom. The molecule has 5 nitrogen and oxygen atoms in total. The minimum Gasteiger partial charge on any atom is -0.364 e. The fraction of sp³-hybridized carbons (Fsp3) is 0.800. The van der Waals surface area contributed by atoms with Crippen LogP contribution >= 0.6 is 0 Å². The Hall–Kier alpha value is -0.910. The van der Waals surface area contributed by atoms with E-state index in [9.17, 15) is 0 Å². The lowest BCUT2D eigenvalue weighted by molar-refractivity contribution is -0.277. The zero-order chi connectivity index (χ0) is 14.0. The van der Waals surface area contributed by atoms with Crippen molar-refractivity contribution in [3.05, 3.63) is 17.5 Å². The van der Waals surface area contributed by atoms with Gasteiger partial charge in [-0.15, -0.1) is 0 Å². The molecular weight excluding hydrogens is 256 g/mol. The van der Waals surface area contributed by atoms with E-state index in [4.69, 9.17) is 14.2 Å². The Morgan fingerprint density at radius 3 is 2.60 bits per heavy atom. The van der Waals surface area contributed by atoms with Gasteiger partial charge in [-0.2, -0.15) is 5.10 Å². The van der Waals surface area contributed by atoms with E-state index in [0.717, 1.165) is 25.0 Å². The quantitative estimate of drug-likeness (QED) is 0.729. The highest BCUT2D eigenvalue weighted by atomic mass is 16.7. The van der Waals surface area contributed by atoms with Gasteiger partial charge in [0.2, 0.25) is 0 Å². The summed E-state index contributed by atoms with van der Waals surface area (Å²) in [6, 6.07) is 0. The maximum Gasteiger partial charge on any atom is 0.173 e. The lowest BCUT2D eigenvalue weighted by Crippen LogP contribution is -2.54. The highest BCUT2D eigenvalue weighted by Crippen LogP contribution is 2.58. The largest absolute Gasteiger partial charge is 0.364 e. The van der Waals surface area contributed by atoms with Crippen LogP contribution in [0.25, 0.3) is 0 Å². The second-order valence-corrected chi connectivity index (χ2v) is 6.97. The van der Waals surface area contributed by atoms with Crippen LogP contribution in [0, 0.1) is 5.41 Å². The summed E-state index contributed by atoms with van der Waals surface area (Å²) in [4.78, 5) is 0. The first-order valence-electron chi connectivity index (χ1n) is 7.41. The van der Waals surface area contributed by atoms with Gasteiger partial charge in [-0.3, -0.25) is 4.68 Å². The van der Waals surface area contributed by atoms with E-state index >= 15 is 0 Å². The van der Waals surface area contributed by atoms with Crippen molar-refractivity contribution in [1.82, 2.24) is 9.78 Å². The average molecular weight is 278 g/mol. The van der Waals surface area contributed by atoms with Crippen LogP contribution in [-0.4, -0.2) is 28.8 Å². The van der Waals surface area contributed by atoms with Crippen molar-refractivity contribution in [2.24, 2.45) is 12.5 Å². The van der Waals surface area contributed by atoms with Gasteiger partial charge < -0.3 is 14.2 Å². The predicted molar refractivity (Wildman–Crippen MR) is 71.9 cm³/mol. The standard InChI is InChI=1S/C15H22N2O3/c1-13(2)10-14(4-5-15(13)18-6-7-19-15)12-11(9-20-14)8-17(3)16-12/h8H,4-7,9-10H2,1-3H3. The monoisotopic (exact) mass is 278 g/mol. The molecular formula is C15H22N2O3. The maximum atomic E-state index is 6.20. The first-order chi connectivity index (χ1) is 9.47. The number of nitrogens with zero attached hydrogens (tertiary/aromatic N) is 2. The second-order valence-electron chi connectivity index (χ2n) is 6.97. The topological polar surface area (TPSA) is 45.5 Å². The molecule has 1 unspecified atom stereocenters. The van der Waals surface area contributed by atoms with Gasteiger partial charge in [0.05, 0.1) is 25.5 Å². The normalized spacial score (nSPS) is 34.0. The number of fused-ring (bicyclic) bond motifs is 2. The molecule has 0 radical (unpaired) electrons. The summed E-state index contributed by atoms with van der Waals surface area (Å²) in [5.74, 6) is -0.431. The summed E-state index contributed by atoms with van der Waals surface area (Å²) in [5, 5.41) is 4.66. The maximum absolute atomic E-state index is 6.20. The van der Waals surface area contributed by atoms with Crippen LogP contribution in [0.5, 0.6) is 0 Å². The van der Waals surface area contributed by atoms with Crippen LogP contribution in [0.1, 0.15) is 44.4 Å². The molecule has 4 rings (SSSR count). The van der Waals surface area contributed by atoms with Crippen LogP contribution in [0.15, 0.2) is 6.20 Å². The zero-order valence-corrected chi connectivity index (χ0v) is 12.4. The third kappa shape index (κ3) is 1.51. The van der Waals surface area contributed by atoms with E-state index in [1.54, 1.807) is 0 Å². The van der Waals surface area contributed by atoms with Gasteiger partial charge >= 0.3 is 0 Å². The lowest BCUT2D eigenvalue weighted by atomic mass is 9.64. The number of aryl methyl sites for hydroxylation is 1. The Morgan fingerprint density at radius 1 is 1.15 bits per heavy atom. The molecule has 2 fully saturated rings. The van der Waals surface area contributed by atoms with E-state index in [2.05, 4.69) is 25.1 Å². The summed E-state index contributed by atoms with van der Waals surface area (Å²) >= 11 is 0. The molecule has 0 bridgehead atoms. The van der Waals surface area contributed by atoms with Gasteiger partial charge in [0.25, 0.3) is 0 Å². The zero-order valence-electron chi connectivity index (χ0n) is 12.4. The Kier molecular flexibility index (Phi) is 2.46. The molecule has 1 aromatic heterocycles. The second kappa shape index (κ2) is 3.84. The molecule has 1 saturated heterocycles. The van der Waals surface area contributed by atoms with Gasteiger partial charge in [-0.05, 0) is 12.8 Å². The summed E-state index contributed by atoms with van der Waals surface area (Å²) in [6.07, 6.45) is 4.75. The van der Waals surface area contributed by atoms with Crippen molar-refractivity contribution in [1.29, 1.82) is 0 Å². The predicted octanol–water partition coefficient (Wildman–Crippen LogP) is 2.10. The number of rotatable bonds is 0. The van der Waals surface area contributed by atoms with E-state index in [0.29, 0.717) is 19.8 Å². The summed E-state index contributed by atoms with van der Waals surface area (Å²) < 4.78 is 20.1. The van der Waals surface area contributed by atoms with Crippen LogP contribution in [-0.2, 0) is 33.5 Å². The van der Waals surface area contributed by atoms with Crippen LogP contribution in [0.2, 0.25) is 0 Å². The molecule has 1 atom stereocenters. The molecule has 0 aromatic carbocycles. The van der Waals surface area contributed by atoms with Gasteiger partial charge in [0.1, 0.15) is 5.60 Å². The molecule has 1 aliphatic carbocycles. The molecule has 5 heteroatoms. The van der Waals surface area contributed by atoms with E-state index in [-0.39, 0.29) is 11.0 Å².